The summed E-state index contributed by atoms with van der Waals surface area (Å²) in [6, 6.07) is 17.1. The number of ether oxygens (including phenoxy) is 6. The molecule has 2 aromatic carbocycles. The molecule has 12 heteroatoms. The number of esters is 5. The van der Waals surface area contributed by atoms with Crippen molar-refractivity contribution in [2.45, 2.75) is 95.6 Å². The highest BCUT2D eigenvalue weighted by Crippen LogP contribution is 2.69. The van der Waals surface area contributed by atoms with Gasteiger partial charge in [0, 0.05) is 26.8 Å². The molecule has 1 spiro atoms. The van der Waals surface area contributed by atoms with E-state index in [1.54, 1.807) is 62.4 Å². The zero-order valence-corrected chi connectivity index (χ0v) is 28.4. The van der Waals surface area contributed by atoms with E-state index in [1.807, 2.05) is 6.07 Å². The van der Waals surface area contributed by atoms with Crippen molar-refractivity contribution in [3.8, 4) is 0 Å². The van der Waals surface area contributed by atoms with Crippen LogP contribution in [0.25, 0.3) is 6.08 Å². The average Bonchev–Trinajstić information content (AvgIpc) is 3.23. The molecule has 2 aliphatic carbocycles. The van der Waals surface area contributed by atoms with Gasteiger partial charge in [-0.2, -0.15) is 0 Å². The van der Waals surface area contributed by atoms with Gasteiger partial charge in [0.1, 0.15) is 30.3 Å². The van der Waals surface area contributed by atoms with Crippen LogP contribution in [0.5, 0.6) is 0 Å². The fourth-order valence-electron chi connectivity index (χ4n) is 8.14. The van der Waals surface area contributed by atoms with E-state index in [9.17, 15) is 29.1 Å². The number of aliphatic hydroxyl groups is 1. The highest BCUT2D eigenvalue weighted by Gasteiger charge is 2.87. The number of benzene rings is 2. The molecule has 1 N–H and O–H groups in total. The van der Waals surface area contributed by atoms with Crippen LogP contribution in [-0.2, 0) is 47.6 Å². The SMILES string of the molecule is CC(=O)OC[C@@]12C(OC(=O)/C=C/c3ccccc3)CC[C@@](C)(O)[C@]13OC(C)(C)[C@H](C(OC(C)=O)C2OC(=O)c1ccccc1)C3OC(C)=O. The van der Waals surface area contributed by atoms with E-state index in [4.69, 9.17) is 28.4 Å². The Labute approximate surface area is 284 Å². The minimum Gasteiger partial charge on any atom is -0.465 e. The molecule has 2 saturated carbocycles. The summed E-state index contributed by atoms with van der Waals surface area (Å²) in [5, 5.41) is 12.5. The van der Waals surface area contributed by atoms with E-state index in [0.717, 1.165) is 12.5 Å². The first-order valence-electron chi connectivity index (χ1n) is 16.2. The predicted octanol–water partition coefficient (Wildman–Crippen LogP) is 3.97. The van der Waals surface area contributed by atoms with E-state index >= 15 is 0 Å². The first-order valence-corrected chi connectivity index (χ1v) is 16.2. The Balaban J connectivity index is 1.78. The molecule has 3 fully saturated rings. The van der Waals surface area contributed by atoms with E-state index < -0.39 is 89.0 Å². The van der Waals surface area contributed by atoms with Gasteiger partial charge in [0.15, 0.2) is 11.7 Å². The van der Waals surface area contributed by atoms with E-state index in [-0.39, 0.29) is 18.4 Å². The van der Waals surface area contributed by atoms with Gasteiger partial charge in [0.2, 0.25) is 0 Å². The van der Waals surface area contributed by atoms with Crippen molar-refractivity contribution in [1.29, 1.82) is 0 Å². The quantitative estimate of drug-likeness (QED) is 0.231. The zero-order valence-electron chi connectivity index (χ0n) is 28.4. The fourth-order valence-corrected chi connectivity index (χ4v) is 8.14. The minimum absolute atomic E-state index is 0.0334. The second kappa shape index (κ2) is 13.4. The number of rotatable bonds is 9. The lowest BCUT2D eigenvalue weighted by atomic mass is 9.46. The molecule has 0 radical (unpaired) electrons. The largest absolute Gasteiger partial charge is 0.465 e. The number of carbonyl (C=O) groups excluding carboxylic acids is 5. The summed E-state index contributed by atoms with van der Waals surface area (Å²) >= 11 is 0. The molecule has 12 nitrogen and oxygen atoms in total. The number of hydrogen-bond donors (Lipinski definition) is 1. The molecule has 262 valence electrons. The molecule has 2 aromatic rings. The lowest BCUT2D eigenvalue weighted by molar-refractivity contribution is -0.348. The van der Waals surface area contributed by atoms with Crippen LogP contribution in [0.2, 0.25) is 0 Å². The molecule has 8 atom stereocenters. The van der Waals surface area contributed by atoms with Crippen molar-refractivity contribution < 1.29 is 57.5 Å². The normalized spacial score (nSPS) is 32.8. The van der Waals surface area contributed by atoms with E-state index in [2.05, 4.69) is 0 Å². The van der Waals surface area contributed by atoms with E-state index in [1.165, 1.54) is 39.0 Å². The van der Waals surface area contributed by atoms with Gasteiger partial charge in [-0.25, -0.2) is 9.59 Å². The minimum atomic E-state index is -2.04. The van der Waals surface area contributed by atoms with Crippen LogP contribution in [0, 0.1) is 11.3 Å². The van der Waals surface area contributed by atoms with E-state index in [0.29, 0.717) is 0 Å². The molecule has 49 heavy (non-hydrogen) atoms. The maximum absolute atomic E-state index is 13.9. The maximum atomic E-state index is 13.9. The summed E-state index contributed by atoms with van der Waals surface area (Å²) in [5.41, 5.74) is -6.37. The van der Waals surface area contributed by atoms with Gasteiger partial charge in [-0.05, 0) is 57.4 Å². The van der Waals surface area contributed by atoms with Gasteiger partial charge < -0.3 is 33.5 Å². The number of hydrogen-bond acceptors (Lipinski definition) is 12. The molecule has 2 bridgehead atoms. The second-order valence-electron chi connectivity index (χ2n) is 13.6. The first kappa shape index (κ1) is 35.7. The average molecular weight is 679 g/mol. The second-order valence-corrected chi connectivity index (χ2v) is 13.6. The third-order valence-corrected chi connectivity index (χ3v) is 9.90. The van der Waals surface area contributed by atoms with Crippen molar-refractivity contribution in [3.63, 3.8) is 0 Å². The van der Waals surface area contributed by atoms with Crippen LogP contribution in [0.3, 0.4) is 0 Å². The van der Waals surface area contributed by atoms with Crippen molar-refractivity contribution in [2.75, 3.05) is 6.61 Å². The molecule has 1 saturated heterocycles. The fraction of sp³-hybridized carbons (Fsp3) is 0.486. The number of carbonyl (C=O) groups is 5. The van der Waals surface area contributed by atoms with Crippen LogP contribution in [-0.4, -0.2) is 82.8 Å². The molecule has 1 aliphatic heterocycles. The summed E-state index contributed by atoms with van der Waals surface area (Å²) < 4.78 is 37.0. The van der Waals surface area contributed by atoms with Crippen molar-refractivity contribution in [3.05, 3.63) is 77.9 Å². The Morgan fingerprint density at radius 1 is 0.816 bits per heavy atom. The Kier molecular flexibility index (Phi) is 9.77. The monoisotopic (exact) mass is 678 g/mol. The summed E-state index contributed by atoms with van der Waals surface area (Å²) in [6.07, 6.45) is -2.92. The summed E-state index contributed by atoms with van der Waals surface area (Å²) in [7, 11) is 0. The van der Waals surface area contributed by atoms with Crippen LogP contribution < -0.4 is 0 Å². The number of fused-ring (bicyclic) bond motifs is 1. The Bertz CT molecular complexity index is 1620. The standard InChI is InChI=1S/C37H42O12/c1-22(38)44-21-36-27(47-28(41)18-17-25-13-9-7-10-14-25)19-20-35(6,43)37(36)31(46-24(3)40)29(34(4,5)49-37)30(45-23(2)39)32(36)48-33(42)26-15-11-8-12-16-26/h7-18,27,29-32,43H,19-21H2,1-6H3/b18-17+/t27?,29-,30?,31?,32?,35-,36+,37+/m1/s1. The molecular weight excluding hydrogens is 636 g/mol. The van der Waals surface area contributed by atoms with Crippen molar-refractivity contribution in [2.24, 2.45) is 11.3 Å². The molecule has 0 amide bonds. The molecule has 3 aliphatic rings. The summed E-state index contributed by atoms with van der Waals surface area (Å²) in [6.45, 7) is 7.70. The third kappa shape index (κ3) is 6.35. The summed E-state index contributed by atoms with van der Waals surface area (Å²) in [4.78, 5) is 65.7. The molecular formula is C37H42O12. The Hall–Kier alpha value is -4.55. The topological polar surface area (TPSA) is 161 Å². The molecule has 1 heterocycles. The predicted molar refractivity (Wildman–Crippen MR) is 172 cm³/mol. The van der Waals surface area contributed by atoms with Gasteiger partial charge in [-0.15, -0.1) is 0 Å². The van der Waals surface area contributed by atoms with Crippen LogP contribution in [0.15, 0.2) is 66.7 Å². The lowest BCUT2D eigenvalue weighted by Gasteiger charge is -2.65. The lowest BCUT2D eigenvalue weighted by Crippen LogP contribution is -2.83. The highest BCUT2D eigenvalue weighted by atomic mass is 16.6. The van der Waals surface area contributed by atoms with Crippen LogP contribution >= 0.6 is 0 Å². The zero-order chi connectivity index (χ0) is 35.8. The van der Waals surface area contributed by atoms with Crippen molar-refractivity contribution >= 4 is 35.9 Å². The maximum Gasteiger partial charge on any atom is 0.338 e. The third-order valence-electron chi connectivity index (χ3n) is 9.90. The van der Waals surface area contributed by atoms with Gasteiger partial charge in [0.05, 0.1) is 22.7 Å². The van der Waals surface area contributed by atoms with Crippen LogP contribution in [0.1, 0.15) is 70.3 Å². The van der Waals surface area contributed by atoms with Crippen LogP contribution in [0.4, 0.5) is 0 Å². The molecule has 0 aromatic heterocycles. The van der Waals surface area contributed by atoms with Gasteiger partial charge in [0.25, 0.3) is 0 Å². The highest BCUT2D eigenvalue weighted by molar-refractivity contribution is 5.89. The molecule has 4 unspecified atom stereocenters. The first-order chi connectivity index (χ1) is 23.1. The smallest absolute Gasteiger partial charge is 0.338 e. The Morgan fingerprint density at radius 3 is 2.02 bits per heavy atom. The molecule has 5 rings (SSSR count). The van der Waals surface area contributed by atoms with Gasteiger partial charge in [-0.1, -0.05) is 48.5 Å². The van der Waals surface area contributed by atoms with Gasteiger partial charge in [-0.3, -0.25) is 14.4 Å². The summed E-state index contributed by atoms with van der Waals surface area (Å²) in [5.74, 6) is -4.88. The van der Waals surface area contributed by atoms with Gasteiger partial charge >= 0.3 is 29.8 Å². The van der Waals surface area contributed by atoms with Crippen molar-refractivity contribution in [1.82, 2.24) is 0 Å². The Morgan fingerprint density at radius 2 is 1.43 bits per heavy atom.